The molecule has 0 amide bonds. The fourth-order valence-electron chi connectivity index (χ4n) is 1.81. The van der Waals surface area contributed by atoms with Crippen molar-refractivity contribution in [3.05, 3.63) is 28.5 Å². The van der Waals surface area contributed by atoms with Gasteiger partial charge in [-0.2, -0.15) is 0 Å². The van der Waals surface area contributed by atoms with Crippen LogP contribution in [0.3, 0.4) is 0 Å². The van der Waals surface area contributed by atoms with Crippen LogP contribution in [0.15, 0.2) is 22.7 Å². The summed E-state index contributed by atoms with van der Waals surface area (Å²) >= 11 is 3.40. The highest BCUT2D eigenvalue weighted by Crippen LogP contribution is 2.27. The molecule has 0 aliphatic rings. The zero-order chi connectivity index (χ0) is 12.4. The highest BCUT2D eigenvalue weighted by molar-refractivity contribution is 9.10. The van der Waals surface area contributed by atoms with E-state index in [1.165, 1.54) is 0 Å². The number of aromatic nitrogens is 3. The minimum atomic E-state index is 0.712. The van der Waals surface area contributed by atoms with E-state index in [2.05, 4.69) is 37.6 Å². The Morgan fingerprint density at radius 2 is 2.12 bits per heavy atom. The standard InChI is InChI=1S/C12H15BrN4/c1-3-6-17-8(2)15-16-12(17)10-5-4-9(13)7-11(10)14/h4-5,7H,3,6,14H2,1-2H3. The van der Waals surface area contributed by atoms with Gasteiger partial charge in [0.15, 0.2) is 5.82 Å². The Bertz CT molecular complexity index is 533. The lowest BCUT2D eigenvalue weighted by Crippen LogP contribution is -2.03. The molecule has 2 aromatic rings. The third-order valence-electron chi connectivity index (χ3n) is 2.64. The number of hydrogen-bond acceptors (Lipinski definition) is 3. The third-order valence-corrected chi connectivity index (χ3v) is 3.13. The van der Waals surface area contributed by atoms with Gasteiger partial charge in [0.25, 0.3) is 0 Å². The summed E-state index contributed by atoms with van der Waals surface area (Å²) in [5.41, 5.74) is 7.66. The fraction of sp³-hybridized carbons (Fsp3) is 0.333. The number of nitrogen functional groups attached to an aromatic ring is 1. The Labute approximate surface area is 109 Å². The molecule has 0 atom stereocenters. The van der Waals surface area contributed by atoms with Crippen LogP contribution >= 0.6 is 15.9 Å². The van der Waals surface area contributed by atoms with Crippen molar-refractivity contribution in [1.29, 1.82) is 0 Å². The van der Waals surface area contributed by atoms with Crippen molar-refractivity contribution in [1.82, 2.24) is 14.8 Å². The van der Waals surface area contributed by atoms with Crippen molar-refractivity contribution in [2.24, 2.45) is 0 Å². The van der Waals surface area contributed by atoms with Gasteiger partial charge in [-0.15, -0.1) is 10.2 Å². The van der Waals surface area contributed by atoms with Gasteiger partial charge >= 0.3 is 0 Å². The highest BCUT2D eigenvalue weighted by Gasteiger charge is 2.12. The molecule has 0 aliphatic heterocycles. The molecular formula is C12H15BrN4. The zero-order valence-electron chi connectivity index (χ0n) is 9.94. The largest absolute Gasteiger partial charge is 0.398 e. The third kappa shape index (κ3) is 2.34. The summed E-state index contributed by atoms with van der Waals surface area (Å²) in [4.78, 5) is 0. The molecule has 0 fully saturated rings. The molecule has 17 heavy (non-hydrogen) atoms. The Balaban J connectivity index is 2.52. The Morgan fingerprint density at radius 3 is 2.76 bits per heavy atom. The summed E-state index contributed by atoms with van der Waals surface area (Å²) < 4.78 is 3.07. The first-order valence-corrected chi connectivity index (χ1v) is 6.38. The molecule has 0 bridgehead atoms. The van der Waals surface area contributed by atoms with E-state index in [0.29, 0.717) is 5.69 Å². The summed E-state index contributed by atoms with van der Waals surface area (Å²) in [6, 6.07) is 5.82. The first kappa shape index (κ1) is 12.1. The minimum Gasteiger partial charge on any atom is -0.398 e. The van der Waals surface area contributed by atoms with Crippen molar-refractivity contribution in [3.8, 4) is 11.4 Å². The minimum absolute atomic E-state index is 0.712. The lowest BCUT2D eigenvalue weighted by molar-refractivity contribution is 0.663. The number of nitrogens with zero attached hydrogens (tertiary/aromatic N) is 3. The SMILES string of the molecule is CCCn1c(C)nnc1-c1ccc(Br)cc1N. The maximum absolute atomic E-state index is 6.02. The van der Waals surface area contributed by atoms with Crippen LogP contribution in [-0.2, 0) is 6.54 Å². The van der Waals surface area contributed by atoms with Gasteiger partial charge in [-0.05, 0) is 31.5 Å². The molecule has 2 rings (SSSR count). The second-order valence-electron chi connectivity index (χ2n) is 3.95. The second kappa shape index (κ2) is 4.87. The number of anilines is 1. The van der Waals surface area contributed by atoms with Crippen LogP contribution in [0.2, 0.25) is 0 Å². The molecule has 5 heteroatoms. The monoisotopic (exact) mass is 294 g/mol. The van der Waals surface area contributed by atoms with E-state index >= 15 is 0 Å². The fourth-order valence-corrected chi connectivity index (χ4v) is 2.19. The van der Waals surface area contributed by atoms with Crippen molar-refractivity contribution < 1.29 is 0 Å². The number of nitrogens with two attached hydrogens (primary N) is 1. The maximum atomic E-state index is 6.02. The van der Waals surface area contributed by atoms with E-state index in [-0.39, 0.29) is 0 Å². The second-order valence-corrected chi connectivity index (χ2v) is 4.87. The van der Waals surface area contributed by atoms with E-state index in [1.54, 1.807) is 0 Å². The van der Waals surface area contributed by atoms with Gasteiger partial charge in [0.2, 0.25) is 0 Å². The van der Waals surface area contributed by atoms with Gasteiger partial charge in [0, 0.05) is 22.3 Å². The van der Waals surface area contributed by atoms with Crippen molar-refractivity contribution in [2.45, 2.75) is 26.8 Å². The summed E-state index contributed by atoms with van der Waals surface area (Å²) in [7, 11) is 0. The number of aryl methyl sites for hydroxylation is 1. The molecule has 0 radical (unpaired) electrons. The molecule has 0 saturated heterocycles. The van der Waals surface area contributed by atoms with Crippen molar-refractivity contribution in [3.63, 3.8) is 0 Å². The Kier molecular flexibility index (Phi) is 3.47. The van der Waals surface area contributed by atoms with E-state index in [9.17, 15) is 0 Å². The molecule has 2 N–H and O–H groups in total. The van der Waals surface area contributed by atoms with E-state index in [0.717, 1.165) is 34.7 Å². The van der Waals surface area contributed by atoms with Crippen LogP contribution in [0, 0.1) is 6.92 Å². The topological polar surface area (TPSA) is 56.7 Å². The van der Waals surface area contributed by atoms with Gasteiger partial charge in [-0.1, -0.05) is 22.9 Å². The van der Waals surface area contributed by atoms with Crippen molar-refractivity contribution in [2.75, 3.05) is 5.73 Å². The van der Waals surface area contributed by atoms with Crippen LogP contribution in [0.25, 0.3) is 11.4 Å². The number of benzene rings is 1. The molecule has 90 valence electrons. The van der Waals surface area contributed by atoms with Gasteiger partial charge in [-0.25, -0.2) is 0 Å². The summed E-state index contributed by atoms with van der Waals surface area (Å²) in [6.07, 6.45) is 1.04. The molecule has 0 spiro atoms. The average Bonchev–Trinajstić information content (AvgIpc) is 2.62. The Morgan fingerprint density at radius 1 is 1.35 bits per heavy atom. The number of halogens is 1. The van der Waals surface area contributed by atoms with Gasteiger partial charge in [0.1, 0.15) is 5.82 Å². The number of hydrogen-bond donors (Lipinski definition) is 1. The van der Waals surface area contributed by atoms with E-state index in [4.69, 9.17) is 5.73 Å². The Hall–Kier alpha value is -1.36. The van der Waals surface area contributed by atoms with Gasteiger partial charge < -0.3 is 10.3 Å². The molecule has 0 saturated carbocycles. The van der Waals surface area contributed by atoms with Crippen LogP contribution in [0.1, 0.15) is 19.2 Å². The van der Waals surface area contributed by atoms with Gasteiger partial charge in [0.05, 0.1) is 0 Å². The summed E-state index contributed by atoms with van der Waals surface area (Å²) in [5.74, 6) is 1.76. The van der Waals surface area contributed by atoms with Crippen LogP contribution in [0.4, 0.5) is 5.69 Å². The number of rotatable bonds is 3. The summed E-state index contributed by atoms with van der Waals surface area (Å²) in [5, 5.41) is 8.33. The smallest absolute Gasteiger partial charge is 0.166 e. The zero-order valence-corrected chi connectivity index (χ0v) is 11.5. The first-order chi connectivity index (χ1) is 8.13. The molecule has 0 aliphatic carbocycles. The highest BCUT2D eigenvalue weighted by atomic mass is 79.9. The molecule has 0 unspecified atom stereocenters. The van der Waals surface area contributed by atoms with E-state index in [1.807, 2.05) is 25.1 Å². The normalized spacial score (nSPS) is 10.8. The lowest BCUT2D eigenvalue weighted by atomic mass is 10.1. The summed E-state index contributed by atoms with van der Waals surface area (Å²) in [6.45, 7) is 5.00. The predicted molar refractivity (Wildman–Crippen MR) is 72.6 cm³/mol. The molecule has 1 heterocycles. The predicted octanol–water partition coefficient (Wildman–Crippen LogP) is 3.01. The molecule has 1 aromatic heterocycles. The van der Waals surface area contributed by atoms with Crippen LogP contribution < -0.4 is 5.73 Å². The van der Waals surface area contributed by atoms with Gasteiger partial charge in [-0.3, -0.25) is 0 Å². The molecule has 1 aromatic carbocycles. The van der Waals surface area contributed by atoms with Crippen molar-refractivity contribution >= 4 is 21.6 Å². The quantitative estimate of drug-likeness (QED) is 0.886. The van der Waals surface area contributed by atoms with Crippen LogP contribution in [-0.4, -0.2) is 14.8 Å². The first-order valence-electron chi connectivity index (χ1n) is 5.58. The lowest BCUT2D eigenvalue weighted by Gasteiger charge is -2.09. The van der Waals surface area contributed by atoms with E-state index < -0.39 is 0 Å². The van der Waals surface area contributed by atoms with Crippen LogP contribution in [0.5, 0.6) is 0 Å². The molecule has 4 nitrogen and oxygen atoms in total. The molecular weight excluding hydrogens is 280 g/mol. The maximum Gasteiger partial charge on any atom is 0.166 e. The average molecular weight is 295 g/mol.